The van der Waals surface area contributed by atoms with Gasteiger partial charge in [0.15, 0.2) is 0 Å². The molecule has 0 atom stereocenters. The van der Waals surface area contributed by atoms with Gasteiger partial charge in [-0.25, -0.2) is 4.98 Å². The highest BCUT2D eigenvalue weighted by Gasteiger charge is 2.21. The van der Waals surface area contributed by atoms with E-state index in [0.717, 1.165) is 44.2 Å². The second-order valence-electron chi connectivity index (χ2n) is 5.77. The number of aryl methyl sites for hydroxylation is 1. The molecule has 1 aliphatic heterocycles. The van der Waals surface area contributed by atoms with Crippen molar-refractivity contribution in [2.45, 2.75) is 33.7 Å². The predicted octanol–water partition coefficient (Wildman–Crippen LogP) is 1.41. The van der Waals surface area contributed by atoms with Crippen LogP contribution in [0.4, 0.5) is 0 Å². The smallest absolute Gasteiger partial charge is 0.222 e. The molecule has 0 bridgehead atoms. The molecule has 2 heterocycles. The molecule has 1 amide bonds. The van der Waals surface area contributed by atoms with E-state index in [1.54, 1.807) is 0 Å². The van der Waals surface area contributed by atoms with E-state index >= 15 is 0 Å². The van der Waals surface area contributed by atoms with Crippen molar-refractivity contribution >= 4 is 5.91 Å². The van der Waals surface area contributed by atoms with E-state index in [1.807, 2.05) is 18.0 Å². The van der Waals surface area contributed by atoms with E-state index < -0.39 is 0 Å². The normalized spacial score (nSPS) is 17.2. The summed E-state index contributed by atoms with van der Waals surface area (Å²) in [6, 6.07) is 0. The van der Waals surface area contributed by atoms with Crippen LogP contribution in [0, 0.1) is 12.8 Å². The number of aromatic nitrogens is 2. The molecule has 106 valence electrons. The summed E-state index contributed by atoms with van der Waals surface area (Å²) in [4.78, 5) is 23.9. The summed E-state index contributed by atoms with van der Waals surface area (Å²) in [6.45, 7) is 10.6. The third-order valence-corrected chi connectivity index (χ3v) is 3.44. The third-order valence-electron chi connectivity index (χ3n) is 3.44. The van der Waals surface area contributed by atoms with Gasteiger partial charge in [0.1, 0.15) is 5.82 Å². The summed E-state index contributed by atoms with van der Waals surface area (Å²) in [5, 5.41) is 0. The number of hydrogen-bond donors (Lipinski definition) is 1. The number of carbonyl (C=O) groups excluding carboxylic acids is 1. The van der Waals surface area contributed by atoms with Crippen LogP contribution in [0.1, 0.15) is 31.8 Å². The Morgan fingerprint density at radius 2 is 2.05 bits per heavy atom. The van der Waals surface area contributed by atoms with Gasteiger partial charge in [-0.05, 0) is 12.8 Å². The Kier molecular flexibility index (Phi) is 4.58. The molecule has 0 radical (unpaired) electrons. The molecule has 5 nitrogen and oxygen atoms in total. The standard InChI is InChI=1S/C14H24N4O/c1-11(2)8-14(19)18-6-4-17(5-7-18)10-13-15-9-12(3)16-13/h9,11H,4-8,10H2,1-3H3,(H,15,16). The number of H-pyrrole nitrogens is 1. The maximum atomic E-state index is 12.0. The maximum absolute atomic E-state index is 12.0. The first kappa shape index (κ1) is 14.1. The zero-order chi connectivity index (χ0) is 13.8. The van der Waals surface area contributed by atoms with E-state index in [1.165, 1.54) is 0 Å². The molecule has 0 unspecified atom stereocenters. The summed E-state index contributed by atoms with van der Waals surface area (Å²) in [7, 11) is 0. The van der Waals surface area contributed by atoms with Crippen LogP contribution in [-0.2, 0) is 11.3 Å². The highest BCUT2D eigenvalue weighted by molar-refractivity contribution is 5.76. The molecular weight excluding hydrogens is 240 g/mol. The number of carbonyl (C=O) groups is 1. The van der Waals surface area contributed by atoms with Crippen molar-refractivity contribution in [2.24, 2.45) is 5.92 Å². The number of nitrogens with zero attached hydrogens (tertiary/aromatic N) is 3. The molecule has 19 heavy (non-hydrogen) atoms. The van der Waals surface area contributed by atoms with Gasteiger partial charge in [-0.2, -0.15) is 0 Å². The molecule has 1 aliphatic rings. The van der Waals surface area contributed by atoms with Crippen LogP contribution < -0.4 is 0 Å². The molecule has 0 aliphatic carbocycles. The molecule has 1 aromatic heterocycles. The zero-order valence-electron chi connectivity index (χ0n) is 12.1. The number of hydrogen-bond acceptors (Lipinski definition) is 3. The second kappa shape index (κ2) is 6.19. The minimum atomic E-state index is 0.295. The molecule has 0 saturated carbocycles. The summed E-state index contributed by atoms with van der Waals surface area (Å²) < 4.78 is 0. The highest BCUT2D eigenvalue weighted by atomic mass is 16.2. The first-order valence-electron chi connectivity index (χ1n) is 7.05. The van der Waals surface area contributed by atoms with Gasteiger partial charge in [0.25, 0.3) is 0 Å². The Labute approximate surface area is 115 Å². The van der Waals surface area contributed by atoms with E-state index in [2.05, 4.69) is 28.7 Å². The van der Waals surface area contributed by atoms with E-state index in [4.69, 9.17) is 0 Å². The number of piperazine rings is 1. The first-order chi connectivity index (χ1) is 9.04. The average molecular weight is 264 g/mol. The van der Waals surface area contributed by atoms with E-state index in [0.29, 0.717) is 18.2 Å². The molecule has 0 spiro atoms. The van der Waals surface area contributed by atoms with Gasteiger partial charge in [-0.15, -0.1) is 0 Å². The largest absolute Gasteiger partial charge is 0.345 e. The fraction of sp³-hybridized carbons (Fsp3) is 0.714. The molecule has 1 aromatic rings. The Bertz CT molecular complexity index is 419. The van der Waals surface area contributed by atoms with Gasteiger partial charge in [-0.3, -0.25) is 9.69 Å². The summed E-state index contributed by atoms with van der Waals surface area (Å²) in [6.07, 6.45) is 2.52. The van der Waals surface area contributed by atoms with Crippen molar-refractivity contribution in [2.75, 3.05) is 26.2 Å². The lowest BCUT2D eigenvalue weighted by Crippen LogP contribution is -2.48. The Balaban J connectivity index is 1.77. The van der Waals surface area contributed by atoms with Gasteiger partial charge in [0, 0.05) is 44.5 Å². The number of rotatable bonds is 4. The summed E-state index contributed by atoms with van der Waals surface area (Å²) in [5.41, 5.74) is 1.10. The van der Waals surface area contributed by atoms with Crippen LogP contribution in [0.15, 0.2) is 6.20 Å². The number of nitrogens with one attached hydrogen (secondary N) is 1. The molecule has 2 rings (SSSR count). The molecule has 5 heteroatoms. The van der Waals surface area contributed by atoms with Gasteiger partial charge in [-0.1, -0.05) is 13.8 Å². The third kappa shape index (κ3) is 4.06. The number of imidazole rings is 1. The minimum Gasteiger partial charge on any atom is -0.345 e. The minimum absolute atomic E-state index is 0.295. The van der Waals surface area contributed by atoms with Crippen LogP contribution in [0.2, 0.25) is 0 Å². The van der Waals surface area contributed by atoms with Gasteiger partial charge >= 0.3 is 0 Å². The maximum Gasteiger partial charge on any atom is 0.222 e. The SMILES string of the molecule is Cc1cnc(CN2CCN(C(=O)CC(C)C)CC2)[nH]1. The predicted molar refractivity (Wildman–Crippen MR) is 74.6 cm³/mol. The highest BCUT2D eigenvalue weighted by Crippen LogP contribution is 2.10. The molecular formula is C14H24N4O. The fourth-order valence-corrected chi connectivity index (χ4v) is 2.39. The van der Waals surface area contributed by atoms with E-state index in [9.17, 15) is 4.79 Å². The van der Waals surface area contributed by atoms with Gasteiger partial charge in [0.05, 0.1) is 6.54 Å². The Morgan fingerprint density at radius 3 is 2.58 bits per heavy atom. The van der Waals surface area contributed by atoms with E-state index in [-0.39, 0.29) is 0 Å². The van der Waals surface area contributed by atoms with Crippen LogP contribution in [-0.4, -0.2) is 51.9 Å². The molecule has 1 N–H and O–H groups in total. The quantitative estimate of drug-likeness (QED) is 0.894. The van der Waals surface area contributed by atoms with Crippen molar-refractivity contribution < 1.29 is 4.79 Å². The topological polar surface area (TPSA) is 52.2 Å². The van der Waals surface area contributed by atoms with Crippen LogP contribution >= 0.6 is 0 Å². The number of amides is 1. The van der Waals surface area contributed by atoms with Crippen LogP contribution in [0.5, 0.6) is 0 Å². The molecule has 1 fully saturated rings. The average Bonchev–Trinajstić information content (AvgIpc) is 2.75. The zero-order valence-corrected chi connectivity index (χ0v) is 12.1. The van der Waals surface area contributed by atoms with Gasteiger partial charge < -0.3 is 9.88 Å². The van der Waals surface area contributed by atoms with Crippen LogP contribution in [0.3, 0.4) is 0 Å². The lowest BCUT2D eigenvalue weighted by Gasteiger charge is -2.34. The second-order valence-corrected chi connectivity index (χ2v) is 5.77. The molecule has 1 saturated heterocycles. The van der Waals surface area contributed by atoms with Crippen molar-refractivity contribution in [1.29, 1.82) is 0 Å². The van der Waals surface area contributed by atoms with Crippen molar-refractivity contribution in [3.05, 3.63) is 17.7 Å². The Hall–Kier alpha value is -1.36. The van der Waals surface area contributed by atoms with Gasteiger partial charge in [0.2, 0.25) is 5.91 Å². The van der Waals surface area contributed by atoms with Crippen LogP contribution in [0.25, 0.3) is 0 Å². The lowest BCUT2D eigenvalue weighted by molar-refractivity contribution is -0.133. The fourth-order valence-electron chi connectivity index (χ4n) is 2.39. The van der Waals surface area contributed by atoms with Crippen molar-refractivity contribution in [3.8, 4) is 0 Å². The molecule has 0 aromatic carbocycles. The monoisotopic (exact) mass is 264 g/mol. The Morgan fingerprint density at radius 1 is 1.37 bits per heavy atom. The first-order valence-corrected chi connectivity index (χ1v) is 7.05. The summed E-state index contributed by atoms with van der Waals surface area (Å²) in [5.74, 6) is 1.75. The van der Waals surface area contributed by atoms with Crippen molar-refractivity contribution in [1.82, 2.24) is 19.8 Å². The van der Waals surface area contributed by atoms with Crippen molar-refractivity contribution in [3.63, 3.8) is 0 Å². The number of aromatic amines is 1. The summed E-state index contributed by atoms with van der Waals surface area (Å²) >= 11 is 0. The lowest BCUT2D eigenvalue weighted by atomic mass is 10.1.